The average Bonchev–Trinajstić information content (AvgIpc) is 2.77. The minimum absolute atomic E-state index is 0.219. The van der Waals surface area contributed by atoms with Gasteiger partial charge in [0.05, 0.1) is 18.5 Å². The highest BCUT2D eigenvalue weighted by Gasteiger charge is 2.12. The third-order valence-corrected chi connectivity index (χ3v) is 2.45. The number of carbonyl (C=O) groups is 1. The normalized spacial score (nSPS) is 10.4. The number of benzene rings is 1. The molecule has 0 fully saturated rings. The fraction of sp³-hybridized carbons (Fsp3) is 0.308. The molecule has 0 aliphatic rings. The lowest BCUT2D eigenvalue weighted by Gasteiger charge is -2.03. The molecule has 0 unspecified atom stereocenters. The summed E-state index contributed by atoms with van der Waals surface area (Å²) in [6, 6.07) is 6.04. The second-order valence-corrected chi connectivity index (χ2v) is 4.11. The van der Waals surface area contributed by atoms with Gasteiger partial charge in [0.1, 0.15) is 0 Å². The maximum atomic E-state index is 11.5. The molecule has 0 radical (unpaired) electrons. The van der Waals surface area contributed by atoms with Crippen molar-refractivity contribution in [3.05, 3.63) is 41.2 Å². The molecule has 2 rings (SSSR count). The van der Waals surface area contributed by atoms with E-state index in [-0.39, 0.29) is 5.69 Å². The first-order valence-electron chi connectivity index (χ1n) is 5.78. The summed E-state index contributed by atoms with van der Waals surface area (Å²) >= 11 is 0. The molecule has 0 atom stereocenters. The lowest BCUT2D eigenvalue weighted by Crippen LogP contribution is -2.04. The summed E-state index contributed by atoms with van der Waals surface area (Å²) in [6.07, 6.45) is 1.58. The van der Waals surface area contributed by atoms with Crippen LogP contribution in [0.25, 0.3) is 5.69 Å². The number of hydrogen-bond acceptors (Lipinski definition) is 4. The summed E-state index contributed by atoms with van der Waals surface area (Å²) in [7, 11) is 0. The molecular weight excluding hydrogens is 230 g/mol. The molecule has 1 aromatic heterocycles. The van der Waals surface area contributed by atoms with Gasteiger partial charge in [0, 0.05) is 0 Å². The molecule has 0 aliphatic heterocycles. The highest BCUT2D eigenvalue weighted by Crippen LogP contribution is 2.13. The number of nitrogens with zero attached hydrogens (tertiary/aromatic N) is 3. The zero-order chi connectivity index (χ0) is 13.1. The molecule has 0 amide bonds. The van der Waals surface area contributed by atoms with Gasteiger partial charge in [-0.05, 0) is 44.0 Å². The Bertz CT molecular complexity index is 555. The second kappa shape index (κ2) is 5.00. The third-order valence-electron chi connectivity index (χ3n) is 2.45. The first-order valence-corrected chi connectivity index (χ1v) is 5.78. The molecule has 1 heterocycles. The Kier molecular flexibility index (Phi) is 3.41. The maximum absolute atomic E-state index is 11.5. The molecule has 0 aliphatic carbocycles. The number of rotatable bonds is 3. The molecule has 0 bridgehead atoms. The number of hydrogen-bond donors (Lipinski definition) is 0. The van der Waals surface area contributed by atoms with E-state index < -0.39 is 5.97 Å². The van der Waals surface area contributed by atoms with Crippen LogP contribution in [0.15, 0.2) is 24.4 Å². The van der Waals surface area contributed by atoms with Gasteiger partial charge in [0.15, 0.2) is 5.69 Å². The predicted molar refractivity (Wildman–Crippen MR) is 66.8 cm³/mol. The van der Waals surface area contributed by atoms with E-state index in [2.05, 4.69) is 16.4 Å². The van der Waals surface area contributed by atoms with Gasteiger partial charge < -0.3 is 4.74 Å². The maximum Gasteiger partial charge on any atom is 0.360 e. The van der Waals surface area contributed by atoms with Crippen molar-refractivity contribution < 1.29 is 9.53 Å². The van der Waals surface area contributed by atoms with E-state index in [9.17, 15) is 4.79 Å². The Hall–Kier alpha value is -2.17. The monoisotopic (exact) mass is 245 g/mol. The van der Waals surface area contributed by atoms with Crippen LogP contribution in [0, 0.1) is 13.8 Å². The van der Waals surface area contributed by atoms with Crippen LogP contribution in [0.4, 0.5) is 0 Å². The molecule has 5 nitrogen and oxygen atoms in total. The van der Waals surface area contributed by atoms with Gasteiger partial charge in [0.2, 0.25) is 0 Å². The molecule has 94 valence electrons. The van der Waals surface area contributed by atoms with Crippen LogP contribution >= 0.6 is 0 Å². The van der Waals surface area contributed by atoms with Gasteiger partial charge in [-0.25, -0.2) is 9.48 Å². The van der Waals surface area contributed by atoms with E-state index in [1.165, 1.54) is 0 Å². The molecule has 0 saturated carbocycles. The number of ether oxygens (including phenoxy) is 1. The highest BCUT2D eigenvalue weighted by molar-refractivity contribution is 5.86. The van der Waals surface area contributed by atoms with Crippen molar-refractivity contribution in [2.24, 2.45) is 0 Å². The van der Waals surface area contributed by atoms with E-state index in [1.54, 1.807) is 17.8 Å². The standard InChI is InChI=1S/C13H15N3O2/c1-4-18-13(17)12-8-16(15-14-12)11-6-9(2)5-10(3)7-11/h5-8H,4H2,1-3H3. The zero-order valence-electron chi connectivity index (χ0n) is 10.7. The van der Waals surface area contributed by atoms with Crippen molar-refractivity contribution in [2.75, 3.05) is 6.61 Å². The van der Waals surface area contributed by atoms with Gasteiger partial charge in [-0.1, -0.05) is 11.3 Å². The highest BCUT2D eigenvalue weighted by atomic mass is 16.5. The number of aryl methyl sites for hydroxylation is 2. The Balaban J connectivity index is 2.32. The molecule has 2 aromatic rings. The first kappa shape index (κ1) is 12.3. The van der Waals surface area contributed by atoms with Crippen molar-refractivity contribution in [3.63, 3.8) is 0 Å². The van der Waals surface area contributed by atoms with E-state index in [0.717, 1.165) is 16.8 Å². The predicted octanol–water partition coefficient (Wildman–Crippen LogP) is 2.06. The number of aromatic nitrogens is 3. The quantitative estimate of drug-likeness (QED) is 0.777. The molecule has 0 saturated heterocycles. The lowest BCUT2D eigenvalue weighted by molar-refractivity contribution is 0.0519. The van der Waals surface area contributed by atoms with E-state index in [0.29, 0.717) is 6.61 Å². The average molecular weight is 245 g/mol. The summed E-state index contributed by atoms with van der Waals surface area (Å²) < 4.78 is 6.45. The summed E-state index contributed by atoms with van der Waals surface area (Å²) in [5.74, 6) is -0.451. The van der Waals surface area contributed by atoms with Crippen LogP contribution in [0.1, 0.15) is 28.5 Å². The van der Waals surface area contributed by atoms with Crippen LogP contribution in [0.5, 0.6) is 0 Å². The van der Waals surface area contributed by atoms with E-state index >= 15 is 0 Å². The number of carbonyl (C=O) groups excluding carboxylic acids is 1. The van der Waals surface area contributed by atoms with Crippen LogP contribution in [0.2, 0.25) is 0 Å². The Morgan fingerprint density at radius 2 is 1.94 bits per heavy atom. The molecule has 0 N–H and O–H groups in total. The van der Waals surface area contributed by atoms with Gasteiger partial charge in [-0.2, -0.15) is 0 Å². The smallest absolute Gasteiger partial charge is 0.360 e. The lowest BCUT2D eigenvalue weighted by atomic mass is 10.1. The third kappa shape index (κ3) is 2.56. The van der Waals surface area contributed by atoms with Crippen molar-refractivity contribution in [2.45, 2.75) is 20.8 Å². The van der Waals surface area contributed by atoms with E-state index in [1.807, 2.05) is 26.0 Å². The van der Waals surface area contributed by atoms with Crippen LogP contribution in [-0.2, 0) is 4.74 Å². The van der Waals surface area contributed by atoms with Crippen molar-refractivity contribution in [3.8, 4) is 5.69 Å². The van der Waals surface area contributed by atoms with Crippen molar-refractivity contribution >= 4 is 5.97 Å². The van der Waals surface area contributed by atoms with Crippen molar-refractivity contribution in [1.82, 2.24) is 15.0 Å². The molecule has 0 spiro atoms. The second-order valence-electron chi connectivity index (χ2n) is 4.11. The van der Waals surface area contributed by atoms with Crippen LogP contribution in [-0.4, -0.2) is 27.6 Å². The summed E-state index contributed by atoms with van der Waals surface area (Å²) in [4.78, 5) is 11.5. The van der Waals surface area contributed by atoms with Crippen LogP contribution < -0.4 is 0 Å². The molecule has 5 heteroatoms. The van der Waals surface area contributed by atoms with Gasteiger partial charge in [-0.15, -0.1) is 5.10 Å². The van der Waals surface area contributed by atoms with E-state index in [4.69, 9.17) is 4.74 Å². The Labute approximate surface area is 105 Å². The topological polar surface area (TPSA) is 57.0 Å². The first-order chi connectivity index (χ1) is 8.60. The van der Waals surface area contributed by atoms with Crippen molar-refractivity contribution in [1.29, 1.82) is 0 Å². The fourth-order valence-electron chi connectivity index (χ4n) is 1.77. The fourth-order valence-corrected chi connectivity index (χ4v) is 1.77. The molecule has 18 heavy (non-hydrogen) atoms. The summed E-state index contributed by atoms with van der Waals surface area (Å²) in [5.41, 5.74) is 3.38. The van der Waals surface area contributed by atoms with Gasteiger partial charge in [-0.3, -0.25) is 0 Å². The SMILES string of the molecule is CCOC(=O)c1cn(-c2cc(C)cc(C)c2)nn1. The Morgan fingerprint density at radius 3 is 2.56 bits per heavy atom. The Morgan fingerprint density at radius 1 is 1.28 bits per heavy atom. The minimum atomic E-state index is -0.451. The zero-order valence-corrected chi connectivity index (χ0v) is 10.7. The van der Waals surface area contributed by atoms with Gasteiger partial charge in [0.25, 0.3) is 0 Å². The summed E-state index contributed by atoms with van der Waals surface area (Å²) in [5, 5.41) is 7.75. The van der Waals surface area contributed by atoms with Crippen LogP contribution in [0.3, 0.4) is 0 Å². The largest absolute Gasteiger partial charge is 0.461 e. The molecule has 1 aromatic carbocycles. The number of esters is 1. The molecular formula is C13H15N3O2. The van der Waals surface area contributed by atoms with Gasteiger partial charge >= 0.3 is 5.97 Å². The minimum Gasteiger partial charge on any atom is -0.461 e. The summed E-state index contributed by atoms with van der Waals surface area (Å²) in [6.45, 7) is 6.11.